The molecule has 0 aliphatic carbocycles. The van der Waals surface area contributed by atoms with Crippen LogP contribution < -0.4 is 4.74 Å². The molecule has 0 spiro atoms. The Balaban J connectivity index is 2.19. The van der Waals surface area contributed by atoms with Gasteiger partial charge in [0.25, 0.3) is 0 Å². The molecule has 31 heavy (non-hydrogen) atoms. The molecule has 0 heterocycles. The zero-order valence-corrected chi connectivity index (χ0v) is 23.6. The molecule has 3 rings (SSSR count). The number of esters is 1. The second kappa shape index (κ2) is 10.0. The third-order valence-corrected chi connectivity index (χ3v) is 9.09. The van der Waals surface area contributed by atoms with Crippen LogP contribution in [-0.2, 0) is 10.1 Å². The zero-order chi connectivity index (χ0) is 22.9. The highest BCUT2D eigenvalue weighted by Gasteiger charge is 2.22. The van der Waals surface area contributed by atoms with Gasteiger partial charge < -0.3 is 9.29 Å². The van der Waals surface area contributed by atoms with E-state index >= 15 is 0 Å². The van der Waals surface area contributed by atoms with Gasteiger partial charge >= 0.3 is 5.97 Å². The Morgan fingerprint density at radius 1 is 1.00 bits per heavy atom. The van der Waals surface area contributed by atoms with Crippen molar-refractivity contribution in [2.45, 2.75) is 24.7 Å². The largest absolute Gasteiger partial charge is 0.744 e. The molecular weight excluding hydrogens is 757 g/mol. The molecular formula is C22H16I3O5S-. The fraction of sp³-hybridized carbons (Fsp3) is 0.136. The lowest BCUT2D eigenvalue weighted by Gasteiger charge is -2.21. The van der Waals surface area contributed by atoms with E-state index in [2.05, 4.69) is 67.8 Å². The van der Waals surface area contributed by atoms with Gasteiger partial charge in [0.1, 0.15) is 15.9 Å². The van der Waals surface area contributed by atoms with Crippen molar-refractivity contribution >= 4 is 83.9 Å². The summed E-state index contributed by atoms with van der Waals surface area (Å²) in [5, 5.41) is 0. The molecule has 9 heteroatoms. The molecule has 5 nitrogen and oxygen atoms in total. The van der Waals surface area contributed by atoms with Gasteiger partial charge in [-0.1, -0.05) is 44.2 Å². The quantitative estimate of drug-likeness (QED) is 0.0985. The van der Waals surface area contributed by atoms with E-state index in [0.717, 1.165) is 10.7 Å². The molecule has 0 atom stereocenters. The van der Waals surface area contributed by atoms with Crippen LogP contribution in [0.1, 0.15) is 35.7 Å². The molecule has 162 valence electrons. The highest BCUT2D eigenvalue weighted by atomic mass is 127. The lowest BCUT2D eigenvalue weighted by molar-refractivity contribution is 0.0733. The number of halogens is 3. The van der Waals surface area contributed by atoms with Gasteiger partial charge in [-0.25, -0.2) is 13.2 Å². The van der Waals surface area contributed by atoms with Gasteiger partial charge in [-0.2, -0.15) is 0 Å². The predicted molar refractivity (Wildman–Crippen MR) is 143 cm³/mol. The topological polar surface area (TPSA) is 83.5 Å². The summed E-state index contributed by atoms with van der Waals surface area (Å²) in [6.45, 7) is 3.57. The number of hydrogen-bond donors (Lipinski definition) is 0. The van der Waals surface area contributed by atoms with Crippen LogP contribution in [-0.4, -0.2) is 18.9 Å². The van der Waals surface area contributed by atoms with E-state index in [-0.39, 0.29) is 22.1 Å². The molecule has 3 aromatic carbocycles. The Labute approximate surface area is 222 Å². The second-order valence-electron chi connectivity index (χ2n) is 7.00. The average molecular weight is 773 g/mol. The summed E-state index contributed by atoms with van der Waals surface area (Å²) in [6.07, 6.45) is 0. The summed E-state index contributed by atoms with van der Waals surface area (Å²) in [6, 6.07) is 15.3. The van der Waals surface area contributed by atoms with Crippen LogP contribution in [0, 0.1) is 10.7 Å². The third-order valence-electron chi connectivity index (χ3n) is 4.47. The van der Waals surface area contributed by atoms with Crippen LogP contribution >= 0.6 is 67.8 Å². The Hall–Kier alpha value is -0.770. The molecule has 0 aliphatic rings. The number of hydrogen-bond acceptors (Lipinski definition) is 5. The zero-order valence-electron chi connectivity index (χ0n) is 16.4. The van der Waals surface area contributed by atoms with Crippen LogP contribution in [0.5, 0.6) is 5.75 Å². The van der Waals surface area contributed by atoms with E-state index in [0.29, 0.717) is 16.7 Å². The number of carbonyl (C=O) groups is 1. The maximum absolute atomic E-state index is 12.9. The van der Waals surface area contributed by atoms with E-state index in [9.17, 15) is 17.8 Å². The normalized spacial score (nSPS) is 11.6. The lowest BCUT2D eigenvalue weighted by Crippen LogP contribution is -2.13. The average Bonchev–Trinajstić information content (AvgIpc) is 2.69. The van der Waals surface area contributed by atoms with Gasteiger partial charge in [0.2, 0.25) is 0 Å². The maximum Gasteiger partial charge on any atom is 0.344 e. The summed E-state index contributed by atoms with van der Waals surface area (Å²) in [4.78, 5) is 12.7. The molecule has 0 saturated carbocycles. The maximum atomic E-state index is 12.9. The number of carbonyl (C=O) groups excluding carboxylic acids is 1. The van der Waals surface area contributed by atoms with Crippen molar-refractivity contribution in [1.82, 2.24) is 0 Å². The second-order valence-corrected chi connectivity index (χ2v) is 11.8. The molecule has 0 aromatic heterocycles. The number of benzene rings is 3. The molecule has 0 N–H and O–H groups in total. The molecule has 0 radical (unpaired) electrons. The first kappa shape index (κ1) is 24.9. The van der Waals surface area contributed by atoms with Crippen molar-refractivity contribution in [3.63, 3.8) is 0 Å². The van der Waals surface area contributed by atoms with Gasteiger partial charge in [0.05, 0.1) is 10.5 Å². The van der Waals surface area contributed by atoms with Crippen molar-refractivity contribution in [2.75, 3.05) is 0 Å². The summed E-state index contributed by atoms with van der Waals surface area (Å²) in [5.74, 6) is -0.643. The fourth-order valence-electron chi connectivity index (χ4n) is 3.09. The minimum absolute atomic E-state index is 0.185. The summed E-state index contributed by atoms with van der Waals surface area (Å²) in [5.41, 5.74) is 1.50. The van der Waals surface area contributed by atoms with Gasteiger partial charge in [-0.15, -0.1) is 0 Å². The first-order valence-corrected chi connectivity index (χ1v) is 13.7. The van der Waals surface area contributed by atoms with Crippen molar-refractivity contribution in [1.29, 1.82) is 0 Å². The molecule has 0 unspecified atom stereocenters. The first-order valence-electron chi connectivity index (χ1n) is 9.05. The van der Waals surface area contributed by atoms with Gasteiger partial charge in [0, 0.05) is 16.3 Å². The summed E-state index contributed by atoms with van der Waals surface area (Å²) < 4.78 is 44.7. The number of rotatable bonds is 5. The van der Waals surface area contributed by atoms with E-state index in [1.54, 1.807) is 50.2 Å². The minimum atomic E-state index is -4.77. The Kier molecular flexibility index (Phi) is 8.03. The van der Waals surface area contributed by atoms with Crippen LogP contribution in [0.15, 0.2) is 59.5 Å². The van der Waals surface area contributed by atoms with Crippen molar-refractivity contribution in [3.8, 4) is 16.9 Å². The lowest BCUT2D eigenvalue weighted by atomic mass is 9.96. The predicted octanol–water partition coefficient (Wildman–Crippen LogP) is 6.41. The standard InChI is InChI=1S/C22H17I3O5S/c1-12(2)16-10-15(30-22(26)18-8-14(23)9-19(24)20(18)25)11-17(21(16)31(27,28)29)13-6-4-3-5-7-13/h3-12H,1-2H3,(H,27,28,29)/p-1. The monoisotopic (exact) mass is 773 g/mol. The van der Waals surface area contributed by atoms with Crippen LogP contribution in [0.3, 0.4) is 0 Å². The first-order chi connectivity index (χ1) is 14.5. The van der Waals surface area contributed by atoms with E-state index in [4.69, 9.17) is 4.74 Å². The van der Waals surface area contributed by atoms with Gasteiger partial charge in [-0.3, -0.25) is 0 Å². The van der Waals surface area contributed by atoms with Crippen molar-refractivity contribution in [2.24, 2.45) is 0 Å². The van der Waals surface area contributed by atoms with Crippen molar-refractivity contribution in [3.05, 3.63) is 76.4 Å². The third kappa shape index (κ3) is 5.78. The highest BCUT2D eigenvalue weighted by Crippen LogP contribution is 2.38. The van der Waals surface area contributed by atoms with Gasteiger partial charge in [-0.05, 0) is 109 Å². The molecule has 0 amide bonds. The SMILES string of the molecule is CC(C)c1cc(OC(=O)c2cc(I)cc(I)c2I)cc(-c2ccccc2)c1S(=O)(=O)[O-]. The Morgan fingerprint density at radius 2 is 1.65 bits per heavy atom. The Bertz CT molecular complexity index is 1260. The van der Waals surface area contributed by atoms with Gasteiger partial charge in [0.15, 0.2) is 0 Å². The molecule has 3 aromatic rings. The van der Waals surface area contributed by atoms with E-state index < -0.39 is 16.1 Å². The Morgan fingerprint density at radius 3 is 2.23 bits per heavy atom. The molecule has 0 bridgehead atoms. The number of ether oxygens (including phenoxy) is 1. The highest BCUT2D eigenvalue weighted by molar-refractivity contribution is 14.1. The summed E-state index contributed by atoms with van der Waals surface area (Å²) >= 11 is 6.39. The minimum Gasteiger partial charge on any atom is -0.744 e. The van der Waals surface area contributed by atoms with E-state index in [1.807, 2.05) is 6.07 Å². The van der Waals surface area contributed by atoms with Crippen LogP contribution in [0.4, 0.5) is 0 Å². The molecule has 0 aliphatic heterocycles. The fourth-order valence-corrected chi connectivity index (χ4v) is 6.49. The van der Waals surface area contributed by atoms with E-state index in [1.165, 1.54) is 12.1 Å². The van der Waals surface area contributed by atoms with Crippen LogP contribution in [0.25, 0.3) is 11.1 Å². The van der Waals surface area contributed by atoms with Crippen LogP contribution in [0.2, 0.25) is 0 Å². The molecule has 0 saturated heterocycles. The summed E-state index contributed by atoms with van der Waals surface area (Å²) in [7, 11) is -4.77. The molecule has 0 fully saturated rings. The van der Waals surface area contributed by atoms with Crippen molar-refractivity contribution < 1.29 is 22.5 Å². The smallest absolute Gasteiger partial charge is 0.344 e.